The summed E-state index contributed by atoms with van der Waals surface area (Å²) in [6.07, 6.45) is 8.41. The number of hydrogen-bond acceptors (Lipinski definition) is 18. The number of amides is 4. The number of nitrogens with zero attached hydrogens (tertiary/aromatic N) is 7. The van der Waals surface area contributed by atoms with Crippen molar-refractivity contribution in [2.24, 2.45) is 10.8 Å². The lowest BCUT2D eigenvalue weighted by molar-refractivity contribution is -0.000651. The van der Waals surface area contributed by atoms with Gasteiger partial charge in [-0.05, 0) is 214 Å². The highest BCUT2D eigenvalue weighted by Gasteiger charge is 2.47. The maximum Gasteiger partial charge on any atom is 0.345 e. The number of nitrogen functional groups attached to an aromatic ring is 1. The number of nitrogens with two attached hydrogens (primary N) is 1. The fourth-order valence-corrected chi connectivity index (χ4v) is 18.8. The van der Waals surface area contributed by atoms with Gasteiger partial charge in [0.25, 0.3) is 23.6 Å². The van der Waals surface area contributed by atoms with Gasteiger partial charge < -0.3 is 55.4 Å². The topological polar surface area (TPSA) is 233 Å². The van der Waals surface area contributed by atoms with Crippen molar-refractivity contribution < 1.29 is 60.9 Å². The average Bonchev–Trinajstić information content (AvgIpc) is 1.09. The van der Waals surface area contributed by atoms with E-state index in [0.29, 0.717) is 80.9 Å². The molecule has 6 aliphatic heterocycles. The van der Waals surface area contributed by atoms with Gasteiger partial charge in [-0.2, -0.15) is 0 Å². The van der Waals surface area contributed by atoms with E-state index in [2.05, 4.69) is 30.4 Å². The Balaban J connectivity index is 0.000000162. The molecule has 2 spiro atoms. The number of anilines is 7. The van der Waals surface area contributed by atoms with Crippen LogP contribution < -0.4 is 36.0 Å². The number of fused-ring (bicyclic) bond motifs is 6. The minimum Gasteiger partial charge on any atom is -0.477 e. The summed E-state index contributed by atoms with van der Waals surface area (Å²) in [4.78, 5) is 103. The number of Topliss-reactive ketones (excluding diaryl/α,β-unsaturated/α-hetero) is 1. The van der Waals surface area contributed by atoms with Crippen molar-refractivity contribution in [3.63, 3.8) is 0 Å². The lowest BCUT2D eigenvalue weighted by Gasteiger charge is -2.53. The number of ketones is 1. The van der Waals surface area contributed by atoms with Crippen molar-refractivity contribution in [3.05, 3.63) is 238 Å². The minimum absolute atomic E-state index is 0.142. The van der Waals surface area contributed by atoms with E-state index in [9.17, 15) is 51.4 Å². The molecule has 4 aromatic carbocycles. The highest BCUT2D eigenvalue weighted by Crippen LogP contribution is 2.49. The standard InChI is InChI=1S/C39H34F2N4O4S2.C32H30N4O5S2.C6H12ClN.C6H5F2N/c1-23-17-28(36(42-20-23)44-21-39(22-44)11-14-49-15-12-39)37(47)43-26-7-5-24(6-8-26)38(48)45-13-9-25-18-33(51-34(25)35-31(45)10-16-50-35)32(46)19-27-29(40)3-2-4-30(27)41;1-19-14-23(28(33-16-19)35-17-32(18-35)8-11-41-12-9-32)29(37)34-22-4-2-20(3-5-22)30(38)36-10-6-21-15-25(31(39)40)43-26(21)27-24(36)7-13-42-27;1-5(2)6(7)8(3)4;7-4-2-1-3-5(8)6(4)9/h2-8,10,16-18,20H,9,11-15,19,21-22H2,1H3,(H,43,47);2-5,7,13-16H,6,8-12,17-18H2,1H3,(H,34,37)(H,39,40);1-4H3;1-3H,9H2. The van der Waals surface area contributed by atoms with Crippen LogP contribution in [0.3, 0.4) is 0 Å². The molecule has 0 saturated carbocycles. The Morgan fingerprint density at radius 1 is 0.577 bits per heavy atom. The lowest BCUT2D eigenvalue weighted by Crippen LogP contribution is -2.59. The third-order valence-corrected chi connectivity index (χ3v) is 25.6. The molecule has 6 aliphatic rings. The molecule has 4 fully saturated rings. The normalized spacial score (nSPS) is 15.5. The number of halogens is 5. The second-order valence-electron chi connectivity index (χ2n) is 28.8. The minimum atomic E-state index is -0.935. The molecule has 28 heteroatoms. The number of para-hydroxylation sites is 1. The Morgan fingerprint density at radius 3 is 1.37 bits per heavy atom. The Hall–Kier alpha value is -10.1. The largest absolute Gasteiger partial charge is 0.477 e. The van der Waals surface area contributed by atoms with Crippen LogP contribution in [0.15, 0.2) is 155 Å². The van der Waals surface area contributed by atoms with Gasteiger partial charge in [0, 0.05) is 138 Å². The third-order valence-electron chi connectivity index (χ3n) is 20.4. The van der Waals surface area contributed by atoms with E-state index in [1.54, 1.807) is 82.9 Å². The summed E-state index contributed by atoms with van der Waals surface area (Å²) in [7, 11) is 3.85. The zero-order valence-corrected chi connectivity index (χ0v) is 65.8. The molecule has 5 N–H and O–H groups in total. The van der Waals surface area contributed by atoms with Crippen molar-refractivity contribution in [2.45, 2.75) is 72.6 Å². The van der Waals surface area contributed by atoms with Gasteiger partial charge in [0.15, 0.2) is 5.78 Å². The Morgan fingerprint density at radius 2 is 0.982 bits per heavy atom. The Kier molecular flexibility index (Phi) is 24.1. The highest BCUT2D eigenvalue weighted by molar-refractivity contribution is 7.23. The van der Waals surface area contributed by atoms with E-state index in [1.165, 1.54) is 57.5 Å². The van der Waals surface area contributed by atoms with E-state index in [1.807, 2.05) is 81.7 Å². The van der Waals surface area contributed by atoms with Crippen LogP contribution in [-0.4, -0.2) is 135 Å². The van der Waals surface area contributed by atoms with Gasteiger partial charge in [-0.25, -0.2) is 32.3 Å². The fraction of sp³-hybridized carbons (Fsp3) is 0.301. The van der Waals surface area contributed by atoms with E-state index >= 15 is 0 Å². The van der Waals surface area contributed by atoms with Crippen molar-refractivity contribution in [1.29, 1.82) is 0 Å². The van der Waals surface area contributed by atoms with Crippen LogP contribution in [0.1, 0.15) is 128 Å². The molecule has 6 aromatic heterocycles. The smallest absolute Gasteiger partial charge is 0.345 e. The number of ether oxygens (including phenoxy) is 2. The van der Waals surface area contributed by atoms with Gasteiger partial charge in [-0.15, -0.1) is 45.3 Å². The number of benzene rings is 4. The molecule has 0 bridgehead atoms. The van der Waals surface area contributed by atoms with E-state index in [0.717, 1.165) is 166 Å². The number of allylic oxidation sites excluding steroid dienone is 1. The molecule has 576 valence electrons. The summed E-state index contributed by atoms with van der Waals surface area (Å²) in [5.74, 6) is -3.63. The molecule has 12 heterocycles. The van der Waals surface area contributed by atoms with E-state index < -0.39 is 34.9 Å². The maximum absolute atomic E-state index is 14.2. The van der Waals surface area contributed by atoms with Crippen LogP contribution in [0, 0.1) is 47.9 Å². The summed E-state index contributed by atoms with van der Waals surface area (Å²) < 4.78 is 64.0. The van der Waals surface area contributed by atoms with Gasteiger partial charge in [0.2, 0.25) is 0 Å². The first-order valence-electron chi connectivity index (χ1n) is 36.1. The molecule has 0 radical (unpaired) electrons. The number of aryl methyl sites for hydroxylation is 2. The van der Waals surface area contributed by atoms with Crippen molar-refractivity contribution in [3.8, 4) is 19.5 Å². The molecular weight excluding hydrogens is 1520 g/mol. The summed E-state index contributed by atoms with van der Waals surface area (Å²) in [6.45, 7) is 15.2. The van der Waals surface area contributed by atoms with Crippen molar-refractivity contribution >= 4 is 132 Å². The number of carbonyl (C=O) groups excluding carboxylic acids is 5. The Labute approximate surface area is 660 Å². The molecular formula is C83H81ClF4N10O9S4. The van der Waals surface area contributed by atoms with Crippen LogP contribution >= 0.6 is 56.9 Å². The SMILES string of the molecule is CC(C)=C(Cl)N(C)C.Cc1cnc(N2CC3(CCOCC3)C2)c(C(=O)Nc2ccc(C(=O)N3CCc4cc(C(=O)Cc5c(F)cccc5F)sc4-c4sccc43)cc2)c1.Cc1cnc(N2CC3(CCOCC3)C2)c(C(=O)Nc2ccc(C(=O)N3CCc4cc(C(=O)O)sc4-c4sccc43)cc2)c1.Nc1c(F)cccc1F. The number of rotatable bonds is 13. The van der Waals surface area contributed by atoms with Crippen LogP contribution in [0.25, 0.3) is 19.5 Å². The van der Waals surface area contributed by atoms with Crippen molar-refractivity contribution in [1.82, 2.24) is 14.9 Å². The first-order valence-corrected chi connectivity index (χ1v) is 39.9. The molecule has 4 saturated heterocycles. The fourth-order valence-electron chi connectivity index (χ4n) is 14.4. The van der Waals surface area contributed by atoms with E-state index in [-0.39, 0.29) is 52.2 Å². The van der Waals surface area contributed by atoms with Crippen LogP contribution in [-0.2, 0) is 28.7 Å². The average molecular weight is 1600 g/mol. The number of thiophene rings is 4. The second kappa shape index (κ2) is 33.8. The molecule has 16 rings (SSSR count). The molecule has 19 nitrogen and oxygen atoms in total. The number of nitrogens with one attached hydrogen (secondary N) is 2. The zero-order chi connectivity index (χ0) is 78.6. The molecule has 4 amide bonds. The quantitative estimate of drug-likeness (QED) is 0.0364. The lowest BCUT2D eigenvalue weighted by atomic mass is 9.73. The maximum atomic E-state index is 14.2. The van der Waals surface area contributed by atoms with Crippen molar-refractivity contribution in [2.75, 3.05) is 116 Å². The molecule has 0 atom stereocenters. The zero-order valence-electron chi connectivity index (χ0n) is 61.8. The van der Waals surface area contributed by atoms with Gasteiger partial charge in [0.1, 0.15) is 50.6 Å². The van der Waals surface area contributed by atoms with Gasteiger partial charge in [0.05, 0.1) is 46.9 Å². The number of carboxylic acids is 1. The van der Waals surface area contributed by atoms with Gasteiger partial charge >= 0.3 is 5.97 Å². The van der Waals surface area contributed by atoms with Crippen LogP contribution in [0.2, 0.25) is 0 Å². The summed E-state index contributed by atoms with van der Waals surface area (Å²) in [5, 5.41) is 20.1. The number of carbonyl (C=O) groups is 6. The molecule has 0 aliphatic carbocycles. The predicted octanol–water partition coefficient (Wildman–Crippen LogP) is 17.5. The number of aromatic carboxylic acids is 1. The third kappa shape index (κ3) is 17.5. The number of hydrogen-bond donors (Lipinski definition) is 4. The highest BCUT2D eigenvalue weighted by atomic mass is 35.5. The number of aromatic nitrogens is 2. The first-order chi connectivity index (χ1) is 53.2. The Bertz CT molecular complexity index is 5170. The van der Waals surface area contributed by atoms with E-state index in [4.69, 9.17) is 26.8 Å². The molecule has 111 heavy (non-hydrogen) atoms. The second-order valence-corrected chi connectivity index (χ2v) is 33.1. The monoisotopic (exact) mass is 1600 g/mol. The van der Waals surface area contributed by atoms with Crippen LogP contribution in [0.4, 0.5) is 57.6 Å². The van der Waals surface area contributed by atoms with Gasteiger partial charge in [-0.3, -0.25) is 24.0 Å². The van der Waals surface area contributed by atoms with Gasteiger partial charge in [-0.1, -0.05) is 23.7 Å². The number of carboxylic acid groups (broad SMARTS) is 1. The summed E-state index contributed by atoms with van der Waals surface area (Å²) in [5.41, 5.74) is 14.3. The summed E-state index contributed by atoms with van der Waals surface area (Å²) >= 11 is 11.3. The molecule has 0 unspecified atom stereocenters. The first kappa shape index (κ1) is 79.0. The number of pyridine rings is 2. The molecule has 10 aromatic rings. The van der Waals surface area contributed by atoms with Crippen LogP contribution in [0.5, 0.6) is 0 Å². The predicted molar refractivity (Wildman–Crippen MR) is 432 cm³/mol. The summed E-state index contributed by atoms with van der Waals surface area (Å²) in [6, 6.07) is 32.0.